The quantitative estimate of drug-likeness (QED) is 0.713. The number of hydrogen-bond donors (Lipinski definition) is 1. The molecule has 0 radical (unpaired) electrons. The molecule has 142 valence electrons. The summed E-state index contributed by atoms with van der Waals surface area (Å²) in [5.74, 6) is 1.64. The molecule has 1 aliphatic heterocycles. The van der Waals surface area contributed by atoms with E-state index in [9.17, 15) is 0 Å². The molecular weight excluding hydrogens is 389 g/mol. The van der Waals surface area contributed by atoms with E-state index in [1.807, 2.05) is 6.92 Å². The van der Waals surface area contributed by atoms with Crippen LogP contribution in [0.5, 0.6) is 5.75 Å². The number of piperidine rings is 1. The van der Waals surface area contributed by atoms with Crippen LogP contribution in [0.3, 0.4) is 0 Å². The van der Waals surface area contributed by atoms with Crippen LogP contribution in [0.25, 0.3) is 5.69 Å². The zero-order chi connectivity index (χ0) is 19.0. The first-order chi connectivity index (χ1) is 13.1. The van der Waals surface area contributed by atoms with Gasteiger partial charge in [0.1, 0.15) is 5.75 Å². The summed E-state index contributed by atoms with van der Waals surface area (Å²) in [5.41, 5.74) is 2.92. The maximum absolute atomic E-state index is 6.38. The summed E-state index contributed by atoms with van der Waals surface area (Å²) in [6, 6.07) is 3.38. The van der Waals surface area contributed by atoms with E-state index in [2.05, 4.69) is 30.4 Å². The highest BCUT2D eigenvalue weighted by molar-refractivity contribution is 6.36. The SMILES string of the molecule is COc1cc(-n2nnnc2N2CCC(c3[nH]cnc3C)CC2)c(Cl)cc1Cl. The lowest BCUT2D eigenvalue weighted by Gasteiger charge is -2.32. The standard InChI is InChI=1S/C17H19Cl2N7O/c1-10-16(21-9-20-10)11-3-5-25(6-4-11)17-22-23-24-26(17)14-8-15(27-2)13(19)7-12(14)18/h7-9,11H,3-6H2,1-2H3,(H,20,21). The first-order valence-electron chi connectivity index (χ1n) is 8.65. The smallest absolute Gasteiger partial charge is 0.250 e. The van der Waals surface area contributed by atoms with Gasteiger partial charge in [0.2, 0.25) is 5.95 Å². The van der Waals surface area contributed by atoms with Crippen LogP contribution in [0, 0.1) is 6.92 Å². The molecule has 0 amide bonds. The highest BCUT2D eigenvalue weighted by Gasteiger charge is 2.27. The van der Waals surface area contributed by atoms with Crippen molar-refractivity contribution in [3.8, 4) is 11.4 Å². The lowest BCUT2D eigenvalue weighted by molar-refractivity contribution is 0.414. The van der Waals surface area contributed by atoms with Gasteiger partial charge in [-0.1, -0.05) is 28.3 Å². The number of aromatic amines is 1. The van der Waals surface area contributed by atoms with Gasteiger partial charge in [-0.15, -0.1) is 0 Å². The monoisotopic (exact) mass is 407 g/mol. The van der Waals surface area contributed by atoms with E-state index in [0.29, 0.717) is 33.3 Å². The average molecular weight is 408 g/mol. The van der Waals surface area contributed by atoms with Crippen LogP contribution in [0.15, 0.2) is 18.5 Å². The first-order valence-corrected chi connectivity index (χ1v) is 9.40. The normalized spacial score (nSPS) is 15.3. The summed E-state index contributed by atoms with van der Waals surface area (Å²) in [6.45, 7) is 3.71. The molecule has 0 spiro atoms. The Kier molecular flexibility index (Phi) is 4.92. The van der Waals surface area contributed by atoms with Gasteiger partial charge in [0.25, 0.3) is 0 Å². The third kappa shape index (κ3) is 3.35. The minimum Gasteiger partial charge on any atom is -0.495 e. The number of imidazole rings is 1. The van der Waals surface area contributed by atoms with Crippen LogP contribution in [-0.4, -0.2) is 50.4 Å². The Hall–Kier alpha value is -2.32. The molecule has 4 rings (SSSR count). The van der Waals surface area contributed by atoms with Crippen molar-refractivity contribution in [1.82, 2.24) is 30.2 Å². The Morgan fingerprint density at radius 2 is 1.96 bits per heavy atom. The largest absolute Gasteiger partial charge is 0.495 e. The number of anilines is 1. The van der Waals surface area contributed by atoms with Crippen LogP contribution in [-0.2, 0) is 0 Å². The summed E-state index contributed by atoms with van der Waals surface area (Å²) in [7, 11) is 1.56. The molecular formula is C17H19Cl2N7O. The van der Waals surface area contributed by atoms with Crippen LogP contribution < -0.4 is 9.64 Å². The van der Waals surface area contributed by atoms with Crippen molar-refractivity contribution in [2.75, 3.05) is 25.1 Å². The van der Waals surface area contributed by atoms with Gasteiger partial charge in [-0.3, -0.25) is 0 Å². The zero-order valence-electron chi connectivity index (χ0n) is 15.0. The first kappa shape index (κ1) is 18.1. The number of ether oxygens (including phenoxy) is 1. The van der Waals surface area contributed by atoms with Gasteiger partial charge in [0, 0.05) is 30.8 Å². The van der Waals surface area contributed by atoms with Crippen LogP contribution in [0.4, 0.5) is 5.95 Å². The van der Waals surface area contributed by atoms with E-state index in [0.717, 1.165) is 31.6 Å². The number of methoxy groups -OCH3 is 1. The van der Waals surface area contributed by atoms with Crippen molar-refractivity contribution in [3.63, 3.8) is 0 Å². The Bertz CT molecular complexity index is 947. The Morgan fingerprint density at radius 1 is 1.19 bits per heavy atom. The fourth-order valence-electron chi connectivity index (χ4n) is 3.53. The Labute approximate surface area is 166 Å². The molecule has 3 heterocycles. The summed E-state index contributed by atoms with van der Waals surface area (Å²) < 4.78 is 6.92. The van der Waals surface area contributed by atoms with E-state index in [1.54, 1.807) is 30.3 Å². The summed E-state index contributed by atoms with van der Waals surface area (Å²) in [5, 5.41) is 13.1. The number of aromatic nitrogens is 6. The van der Waals surface area contributed by atoms with Crippen LogP contribution >= 0.6 is 23.2 Å². The van der Waals surface area contributed by atoms with Crippen LogP contribution in [0.1, 0.15) is 30.1 Å². The molecule has 8 nitrogen and oxygen atoms in total. The number of benzene rings is 1. The predicted octanol–water partition coefficient (Wildman–Crippen LogP) is 3.39. The maximum Gasteiger partial charge on any atom is 0.250 e. The van der Waals surface area contributed by atoms with Crippen molar-refractivity contribution < 1.29 is 4.74 Å². The van der Waals surface area contributed by atoms with E-state index in [-0.39, 0.29) is 0 Å². The third-order valence-electron chi connectivity index (χ3n) is 4.96. The van der Waals surface area contributed by atoms with Crippen LogP contribution in [0.2, 0.25) is 10.0 Å². The minimum absolute atomic E-state index is 0.441. The number of aryl methyl sites for hydroxylation is 1. The number of tetrazole rings is 1. The van der Waals surface area contributed by atoms with Crippen molar-refractivity contribution >= 4 is 29.2 Å². The molecule has 1 saturated heterocycles. The van der Waals surface area contributed by atoms with Crippen molar-refractivity contribution in [1.29, 1.82) is 0 Å². The zero-order valence-corrected chi connectivity index (χ0v) is 16.5. The molecule has 1 aliphatic rings. The second-order valence-electron chi connectivity index (χ2n) is 6.49. The van der Waals surface area contributed by atoms with Gasteiger partial charge in [-0.05, 0) is 36.3 Å². The molecule has 27 heavy (non-hydrogen) atoms. The van der Waals surface area contributed by atoms with E-state index in [1.165, 1.54) is 5.69 Å². The number of hydrogen-bond acceptors (Lipinski definition) is 6. The van der Waals surface area contributed by atoms with E-state index >= 15 is 0 Å². The molecule has 0 unspecified atom stereocenters. The Morgan fingerprint density at radius 3 is 2.63 bits per heavy atom. The minimum atomic E-state index is 0.441. The third-order valence-corrected chi connectivity index (χ3v) is 5.55. The predicted molar refractivity (Wildman–Crippen MR) is 103 cm³/mol. The average Bonchev–Trinajstić information content (AvgIpc) is 3.31. The summed E-state index contributed by atoms with van der Waals surface area (Å²) in [4.78, 5) is 9.74. The van der Waals surface area contributed by atoms with Gasteiger partial charge in [0.15, 0.2) is 0 Å². The molecule has 0 atom stereocenters. The molecule has 3 aromatic rings. The van der Waals surface area contributed by atoms with Gasteiger partial charge in [-0.2, -0.15) is 4.68 Å². The number of nitrogens with one attached hydrogen (secondary N) is 1. The summed E-state index contributed by atoms with van der Waals surface area (Å²) >= 11 is 12.5. The van der Waals surface area contributed by atoms with Gasteiger partial charge < -0.3 is 14.6 Å². The van der Waals surface area contributed by atoms with Crippen molar-refractivity contribution in [2.45, 2.75) is 25.7 Å². The molecule has 2 aromatic heterocycles. The number of H-pyrrole nitrogens is 1. The fraction of sp³-hybridized carbons (Fsp3) is 0.412. The second kappa shape index (κ2) is 7.36. The van der Waals surface area contributed by atoms with Gasteiger partial charge >= 0.3 is 0 Å². The maximum atomic E-state index is 6.38. The number of rotatable bonds is 4. The lowest BCUT2D eigenvalue weighted by atomic mass is 9.93. The van der Waals surface area contributed by atoms with Crippen molar-refractivity contribution in [2.24, 2.45) is 0 Å². The Balaban J connectivity index is 1.58. The molecule has 0 bridgehead atoms. The highest BCUT2D eigenvalue weighted by Crippen LogP contribution is 2.35. The molecule has 0 saturated carbocycles. The molecule has 0 aliphatic carbocycles. The lowest BCUT2D eigenvalue weighted by Crippen LogP contribution is -2.35. The number of halogens is 2. The molecule has 10 heteroatoms. The van der Waals surface area contributed by atoms with E-state index in [4.69, 9.17) is 27.9 Å². The molecule has 1 N–H and O–H groups in total. The second-order valence-corrected chi connectivity index (χ2v) is 7.31. The fourth-order valence-corrected chi connectivity index (χ4v) is 4.07. The van der Waals surface area contributed by atoms with Crippen molar-refractivity contribution in [3.05, 3.63) is 39.9 Å². The highest BCUT2D eigenvalue weighted by atomic mass is 35.5. The topological polar surface area (TPSA) is 84.8 Å². The molecule has 1 fully saturated rings. The van der Waals surface area contributed by atoms with E-state index < -0.39 is 0 Å². The van der Waals surface area contributed by atoms with Gasteiger partial charge in [0.05, 0.1) is 34.9 Å². The summed E-state index contributed by atoms with van der Waals surface area (Å²) in [6.07, 6.45) is 3.74. The number of nitrogens with zero attached hydrogens (tertiary/aromatic N) is 6. The van der Waals surface area contributed by atoms with Gasteiger partial charge in [-0.25, -0.2) is 4.98 Å². The molecule has 1 aromatic carbocycles.